The Balaban J connectivity index is 2.22. The first-order valence-electron chi connectivity index (χ1n) is 5.77. The molecule has 0 aliphatic carbocycles. The molecular formula is C14H19N. The summed E-state index contributed by atoms with van der Waals surface area (Å²) >= 11 is 0. The van der Waals surface area contributed by atoms with Crippen LogP contribution in [0.3, 0.4) is 0 Å². The average molecular weight is 201 g/mol. The van der Waals surface area contributed by atoms with Crippen molar-refractivity contribution >= 4 is 0 Å². The summed E-state index contributed by atoms with van der Waals surface area (Å²) in [6.45, 7) is 8.33. The molecule has 0 N–H and O–H groups in total. The average Bonchev–Trinajstić information content (AvgIpc) is 2.28. The molecule has 1 nitrogen and oxygen atoms in total. The van der Waals surface area contributed by atoms with Gasteiger partial charge in [0.1, 0.15) is 0 Å². The lowest BCUT2D eigenvalue weighted by molar-refractivity contribution is 0.182. The normalized spacial score (nSPS) is 21.0. The highest BCUT2D eigenvalue weighted by Gasteiger charge is 2.23. The van der Waals surface area contributed by atoms with Gasteiger partial charge in [0.05, 0.1) is 0 Å². The molecule has 0 bridgehead atoms. The van der Waals surface area contributed by atoms with Gasteiger partial charge in [-0.05, 0) is 30.5 Å². The maximum absolute atomic E-state index is 3.85. The van der Waals surface area contributed by atoms with Crippen LogP contribution in [0.1, 0.15) is 24.5 Å². The molecule has 0 saturated carbocycles. The molecule has 1 aromatic carbocycles. The molecule has 0 amide bonds. The molecule has 1 aliphatic rings. The van der Waals surface area contributed by atoms with Gasteiger partial charge in [-0.15, -0.1) is 6.58 Å². The minimum Gasteiger partial charge on any atom is -0.296 e. The number of fused-ring (bicyclic) bond motifs is 1. The van der Waals surface area contributed by atoms with E-state index >= 15 is 0 Å². The van der Waals surface area contributed by atoms with Crippen LogP contribution < -0.4 is 0 Å². The van der Waals surface area contributed by atoms with Crippen molar-refractivity contribution in [2.24, 2.45) is 0 Å². The summed E-state index contributed by atoms with van der Waals surface area (Å²) in [5, 5.41) is 0. The molecule has 0 radical (unpaired) electrons. The molecule has 2 rings (SSSR count). The highest BCUT2D eigenvalue weighted by molar-refractivity contribution is 5.30. The van der Waals surface area contributed by atoms with E-state index in [4.69, 9.17) is 0 Å². The van der Waals surface area contributed by atoms with E-state index in [1.165, 1.54) is 17.5 Å². The Labute approximate surface area is 92.4 Å². The molecule has 0 aromatic heterocycles. The molecule has 0 spiro atoms. The fourth-order valence-electron chi connectivity index (χ4n) is 2.44. The van der Waals surface area contributed by atoms with Crippen LogP contribution in [-0.2, 0) is 13.0 Å². The third-order valence-electron chi connectivity index (χ3n) is 3.31. The minimum atomic E-state index is 0.655. The predicted molar refractivity (Wildman–Crippen MR) is 64.8 cm³/mol. The molecule has 1 atom stereocenters. The fraction of sp³-hybridized carbons (Fsp3) is 0.429. The second-order valence-electron chi connectivity index (χ2n) is 4.21. The lowest BCUT2D eigenvalue weighted by Gasteiger charge is -2.35. The van der Waals surface area contributed by atoms with Crippen LogP contribution >= 0.6 is 0 Å². The monoisotopic (exact) mass is 201 g/mol. The summed E-state index contributed by atoms with van der Waals surface area (Å²) in [4.78, 5) is 2.55. The van der Waals surface area contributed by atoms with Gasteiger partial charge in [0.15, 0.2) is 0 Å². The topological polar surface area (TPSA) is 3.24 Å². The van der Waals surface area contributed by atoms with E-state index in [2.05, 4.69) is 42.7 Å². The van der Waals surface area contributed by atoms with E-state index in [9.17, 15) is 0 Å². The number of rotatable bonds is 3. The Morgan fingerprint density at radius 1 is 1.40 bits per heavy atom. The highest BCUT2D eigenvalue weighted by Crippen LogP contribution is 2.24. The lowest BCUT2D eigenvalue weighted by atomic mass is 9.92. The third kappa shape index (κ3) is 2.13. The van der Waals surface area contributed by atoms with Crippen molar-refractivity contribution in [1.29, 1.82) is 0 Å². The molecule has 0 saturated heterocycles. The summed E-state index contributed by atoms with van der Waals surface area (Å²) in [5.74, 6) is 0. The van der Waals surface area contributed by atoms with Crippen LogP contribution in [0.15, 0.2) is 36.9 Å². The Hall–Kier alpha value is -1.08. The smallest absolute Gasteiger partial charge is 0.0239 e. The van der Waals surface area contributed by atoms with Crippen LogP contribution in [0, 0.1) is 0 Å². The number of benzene rings is 1. The van der Waals surface area contributed by atoms with Gasteiger partial charge in [0, 0.05) is 12.6 Å². The first kappa shape index (κ1) is 10.4. The van der Waals surface area contributed by atoms with Crippen molar-refractivity contribution in [3.05, 3.63) is 48.0 Å². The molecule has 1 heteroatoms. The van der Waals surface area contributed by atoms with Gasteiger partial charge in [-0.1, -0.05) is 37.3 Å². The summed E-state index contributed by atoms with van der Waals surface area (Å²) < 4.78 is 0. The van der Waals surface area contributed by atoms with E-state index in [1.54, 1.807) is 0 Å². The molecular weight excluding hydrogens is 182 g/mol. The van der Waals surface area contributed by atoms with Gasteiger partial charge in [0.2, 0.25) is 0 Å². The van der Waals surface area contributed by atoms with E-state index in [0.29, 0.717) is 6.04 Å². The minimum absolute atomic E-state index is 0.655. The zero-order valence-corrected chi connectivity index (χ0v) is 9.45. The van der Waals surface area contributed by atoms with Gasteiger partial charge in [-0.25, -0.2) is 0 Å². The van der Waals surface area contributed by atoms with Gasteiger partial charge in [0.25, 0.3) is 0 Å². The molecule has 1 aliphatic heterocycles. The standard InChI is InChI=1S/C14H19N/c1-3-7-14-10-12-8-5-6-9-13(12)11-15(14)4-2/h3,5-6,8-9,14H,1,4,7,10-11H2,2H3. The van der Waals surface area contributed by atoms with Crippen LogP contribution in [0.5, 0.6) is 0 Å². The number of hydrogen-bond donors (Lipinski definition) is 0. The highest BCUT2D eigenvalue weighted by atomic mass is 15.2. The Morgan fingerprint density at radius 3 is 2.80 bits per heavy atom. The fourth-order valence-corrected chi connectivity index (χ4v) is 2.44. The van der Waals surface area contributed by atoms with Gasteiger partial charge < -0.3 is 0 Å². The second-order valence-corrected chi connectivity index (χ2v) is 4.21. The molecule has 1 heterocycles. The van der Waals surface area contributed by atoms with E-state index in [-0.39, 0.29) is 0 Å². The third-order valence-corrected chi connectivity index (χ3v) is 3.31. The Morgan fingerprint density at radius 2 is 2.13 bits per heavy atom. The van der Waals surface area contributed by atoms with Crippen LogP contribution in [0.2, 0.25) is 0 Å². The second kappa shape index (κ2) is 4.63. The van der Waals surface area contributed by atoms with Crippen molar-refractivity contribution in [3.8, 4) is 0 Å². The van der Waals surface area contributed by atoms with E-state index in [0.717, 1.165) is 19.5 Å². The van der Waals surface area contributed by atoms with Crippen molar-refractivity contribution in [2.75, 3.05) is 6.54 Å². The Bertz CT molecular complexity index is 343. The lowest BCUT2D eigenvalue weighted by Crippen LogP contribution is -2.39. The van der Waals surface area contributed by atoms with E-state index < -0.39 is 0 Å². The molecule has 1 aromatic rings. The maximum atomic E-state index is 3.85. The quantitative estimate of drug-likeness (QED) is 0.679. The Kier molecular flexibility index (Phi) is 3.22. The first-order chi connectivity index (χ1) is 7.35. The van der Waals surface area contributed by atoms with Crippen molar-refractivity contribution in [2.45, 2.75) is 32.4 Å². The molecule has 80 valence electrons. The summed E-state index contributed by atoms with van der Waals surface area (Å²) in [7, 11) is 0. The SMILES string of the molecule is C=CCC1Cc2ccccc2CN1CC. The zero-order chi connectivity index (χ0) is 10.7. The number of nitrogens with zero attached hydrogens (tertiary/aromatic N) is 1. The van der Waals surface area contributed by atoms with Crippen molar-refractivity contribution in [3.63, 3.8) is 0 Å². The largest absolute Gasteiger partial charge is 0.296 e. The van der Waals surface area contributed by atoms with Crippen molar-refractivity contribution < 1.29 is 0 Å². The van der Waals surface area contributed by atoms with E-state index in [1.807, 2.05) is 6.08 Å². The summed E-state index contributed by atoms with van der Waals surface area (Å²) in [6, 6.07) is 9.45. The first-order valence-corrected chi connectivity index (χ1v) is 5.77. The molecule has 15 heavy (non-hydrogen) atoms. The van der Waals surface area contributed by atoms with Crippen LogP contribution in [0.4, 0.5) is 0 Å². The van der Waals surface area contributed by atoms with Crippen LogP contribution in [-0.4, -0.2) is 17.5 Å². The number of likely N-dealkylation sites (N-methyl/N-ethyl adjacent to an activating group) is 1. The molecule has 0 fully saturated rings. The summed E-state index contributed by atoms with van der Waals surface area (Å²) in [6.07, 6.45) is 4.32. The summed E-state index contributed by atoms with van der Waals surface area (Å²) in [5.41, 5.74) is 3.02. The van der Waals surface area contributed by atoms with Gasteiger partial charge in [-0.2, -0.15) is 0 Å². The van der Waals surface area contributed by atoms with Gasteiger partial charge in [-0.3, -0.25) is 4.90 Å². The predicted octanol–water partition coefficient (Wildman–Crippen LogP) is 3.01. The van der Waals surface area contributed by atoms with Crippen LogP contribution in [0.25, 0.3) is 0 Å². The van der Waals surface area contributed by atoms with Gasteiger partial charge >= 0.3 is 0 Å². The zero-order valence-electron chi connectivity index (χ0n) is 9.45. The van der Waals surface area contributed by atoms with Crippen molar-refractivity contribution in [1.82, 2.24) is 4.90 Å². The number of hydrogen-bond acceptors (Lipinski definition) is 1. The molecule has 1 unspecified atom stereocenters. The maximum Gasteiger partial charge on any atom is 0.0239 e.